The van der Waals surface area contributed by atoms with E-state index in [0.29, 0.717) is 22.1 Å². The largest absolute Gasteiger partial charge is 0.298 e. The number of aromatic nitrogens is 5. The SMILES string of the molecule is O=C(Nc1ncc(Cc2ccc(Br)c(Cl)c2)s1)c1ccc(-n2cnnn2)cc1. The van der Waals surface area contributed by atoms with E-state index in [-0.39, 0.29) is 5.91 Å². The lowest BCUT2D eigenvalue weighted by atomic mass is 10.1. The molecule has 0 aliphatic heterocycles. The van der Waals surface area contributed by atoms with Crippen LogP contribution in [0, 0.1) is 0 Å². The maximum Gasteiger partial charge on any atom is 0.257 e. The third-order valence-electron chi connectivity index (χ3n) is 3.88. The van der Waals surface area contributed by atoms with Gasteiger partial charge in [-0.2, -0.15) is 0 Å². The third-order valence-corrected chi connectivity index (χ3v) is 6.02. The molecule has 0 spiro atoms. The van der Waals surface area contributed by atoms with Crippen LogP contribution in [0.1, 0.15) is 20.8 Å². The summed E-state index contributed by atoms with van der Waals surface area (Å²) in [6.45, 7) is 0. The Balaban J connectivity index is 1.41. The summed E-state index contributed by atoms with van der Waals surface area (Å²) in [6, 6.07) is 12.8. The summed E-state index contributed by atoms with van der Waals surface area (Å²) in [5, 5.41) is 15.0. The van der Waals surface area contributed by atoms with Crippen molar-refractivity contribution in [1.29, 1.82) is 0 Å². The van der Waals surface area contributed by atoms with Gasteiger partial charge in [-0.05, 0) is 68.3 Å². The number of nitrogens with zero attached hydrogens (tertiary/aromatic N) is 5. The number of hydrogen-bond acceptors (Lipinski definition) is 6. The Kier molecular flexibility index (Phi) is 5.47. The molecular weight excluding hydrogens is 464 g/mol. The quantitative estimate of drug-likeness (QED) is 0.463. The van der Waals surface area contributed by atoms with Crippen molar-refractivity contribution in [3.8, 4) is 5.69 Å². The van der Waals surface area contributed by atoms with Crippen LogP contribution >= 0.6 is 38.9 Å². The topological polar surface area (TPSA) is 85.6 Å². The van der Waals surface area contributed by atoms with Crippen LogP contribution in [0.3, 0.4) is 0 Å². The van der Waals surface area contributed by atoms with E-state index in [4.69, 9.17) is 11.6 Å². The van der Waals surface area contributed by atoms with Gasteiger partial charge < -0.3 is 0 Å². The molecule has 4 aromatic rings. The highest BCUT2D eigenvalue weighted by atomic mass is 79.9. The zero-order chi connectivity index (χ0) is 19.5. The van der Waals surface area contributed by atoms with E-state index >= 15 is 0 Å². The summed E-state index contributed by atoms with van der Waals surface area (Å²) in [5.74, 6) is -0.226. The summed E-state index contributed by atoms with van der Waals surface area (Å²) in [6.07, 6.45) is 3.95. The summed E-state index contributed by atoms with van der Waals surface area (Å²) in [5.41, 5.74) is 2.37. The van der Waals surface area contributed by atoms with E-state index in [2.05, 4.69) is 41.8 Å². The minimum Gasteiger partial charge on any atom is -0.298 e. The lowest BCUT2D eigenvalue weighted by molar-refractivity contribution is 0.102. The van der Waals surface area contributed by atoms with Crippen molar-refractivity contribution in [3.05, 3.63) is 80.5 Å². The minimum atomic E-state index is -0.226. The van der Waals surface area contributed by atoms with E-state index in [9.17, 15) is 4.79 Å². The fourth-order valence-corrected chi connectivity index (χ4v) is 3.80. The molecule has 0 saturated carbocycles. The molecule has 7 nitrogen and oxygen atoms in total. The second-order valence-electron chi connectivity index (χ2n) is 5.81. The Labute approximate surface area is 177 Å². The van der Waals surface area contributed by atoms with Crippen molar-refractivity contribution < 1.29 is 4.79 Å². The highest BCUT2D eigenvalue weighted by molar-refractivity contribution is 9.10. The third kappa shape index (κ3) is 4.27. The van der Waals surface area contributed by atoms with Gasteiger partial charge in [0, 0.05) is 27.5 Å². The van der Waals surface area contributed by atoms with Gasteiger partial charge >= 0.3 is 0 Å². The molecule has 0 aliphatic rings. The van der Waals surface area contributed by atoms with Crippen LogP contribution in [0.4, 0.5) is 5.13 Å². The molecule has 0 radical (unpaired) electrons. The van der Waals surface area contributed by atoms with E-state index < -0.39 is 0 Å². The molecule has 0 unspecified atom stereocenters. The lowest BCUT2D eigenvalue weighted by Crippen LogP contribution is -2.11. The number of benzene rings is 2. The van der Waals surface area contributed by atoms with Crippen LogP contribution in [0.2, 0.25) is 5.02 Å². The number of thiazole rings is 1. The Morgan fingerprint density at radius 1 is 1.21 bits per heavy atom. The summed E-state index contributed by atoms with van der Waals surface area (Å²) in [7, 11) is 0. The Morgan fingerprint density at radius 3 is 2.75 bits per heavy atom. The average molecular weight is 476 g/mol. The summed E-state index contributed by atoms with van der Waals surface area (Å²) in [4.78, 5) is 17.8. The predicted octanol–water partition coefficient (Wildman–Crippen LogP) is 4.38. The molecule has 0 atom stereocenters. The predicted molar refractivity (Wildman–Crippen MR) is 111 cm³/mol. The van der Waals surface area contributed by atoms with Crippen molar-refractivity contribution in [2.45, 2.75) is 6.42 Å². The molecule has 140 valence electrons. The Hall–Kier alpha value is -2.62. The smallest absolute Gasteiger partial charge is 0.257 e. The van der Waals surface area contributed by atoms with Gasteiger partial charge in [0.15, 0.2) is 5.13 Å². The fraction of sp³-hybridized carbons (Fsp3) is 0.0556. The molecule has 2 aromatic heterocycles. The highest BCUT2D eigenvalue weighted by Gasteiger charge is 2.10. The number of tetrazole rings is 1. The molecule has 2 heterocycles. The van der Waals surface area contributed by atoms with Crippen molar-refractivity contribution in [2.75, 3.05) is 5.32 Å². The maximum absolute atomic E-state index is 12.4. The number of halogens is 2. The molecule has 10 heteroatoms. The van der Waals surface area contributed by atoms with Gasteiger partial charge in [-0.25, -0.2) is 9.67 Å². The Bertz CT molecular complexity index is 1110. The van der Waals surface area contributed by atoms with Crippen molar-refractivity contribution in [3.63, 3.8) is 0 Å². The molecule has 28 heavy (non-hydrogen) atoms. The molecule has 0 saturated heterocycles. The van der Waals surface area contributed by atoms with Crippen LogP contribution < -0.4 is 5.32 Å². The van der Waals surface area contributed by atoms with Gasteiger partial charge in [0.25, 0.3) is 5.91 Å². The van der Waals surface area contributed by atoms with Crippen molar-refractivity contribution >= 4 is 49.9 Å². The maximum atomic E-state index is 12.4. The van der Waals surface area contributed by atoms with E-state index in [1.165, 1.54) is 22.3 Å². The van der Waals surface area contributed by atoms with Crippen LogP contribution in [0.25, 0.3) is 5.69 Å². The first kappa shape index (κ1) is 18.7. The van der Waals surface area contributed by atoms with Gasteiger partial charge in [-0.1, -0.05) is 17.7 Å². The van der Waals surface area contributed by atoms with Gasteiger partial charge in [0.2, 0.25) is 0 Å². The van der Waals surface area contributed by atoms with E-state index in [0.717, 1.165) is 20.6 Å². The molecule has 0 bridgehead atoms. The molecule has 1 N–H and O–H groups in total. The normalized spacial score (nSPS) is 10.8. The monoisotopic (exact) mass is 474 g/mol. The first-order valence-electron chi connectivity index (χ1n) is 8.12. The zero-order valence-corrected chi connectivity index (χ0v) is 17.4. The lowest BCUT2D eigenvalue weighted by Gasteiger charge is -2.03. The highest BCUT2D eigenvalue weighted by Crippen LogP contribution is 2.26. The van der Waals surface area contributed by atoms with Crippen molar-refractivity contribution in [2.24, 2.45) is 0 Å². The van der Waals surface area contributed by atoms with Gasteiger partial charge in [-0.3, -0.25) is 10.1 Å². The number of nitrogens with one attached hydrogen (secondary N) is 1. The zero-order valence-electron chi connectivity index (χ0n) is 14.2. The second-order valence-corrected chi connectivity index (χ2v) is 8.19. The average Bonchev–Trinajstić information content (AvgIpc) is 3.37. The molecule has 4 rings (SSSR count). The summed E-state index contributed by atoms with van der Waals surface area (Å²) >= 11 is 11.0. The van der Waals surface area contributed by atoms with Gasteiger partial charge in [-0.15, -0.1) is 16.4 Å². The first-order chi connectivity index (χ1) is 13.6. The Morgan fingerprint density at radius 2 is 2.04 bits per heavy atom. The van der Waals surface area contributed by atoms with Gasteiger partial charge in [0.05, 0.1) is 10.7 Å². The van der Waals surface area contributed by atoms with Crippen LogP contribution in [-0.4, -0.2) is 31.1 Å². The van der Waals surface area contributed by atoms with Crippen molar-refractivity contribution in [1.82, 2.24) is 25.2 Å². The first-order valence-corrected chi connectivity index (χ1v) is 10.1. The molecule has 2 aromatic carbocycles. The number of amides is 1. The molecular formula is C18H12BrClN6OS. The molecule has 0 aliphatic carbocycles. The van der Waals surface area contributed by atoms with E-state index in [1.54, 1.807) is 30.5 Å². The van der Waals surface area contributed by atoms with E-state index in [1.807, 2.05) is 18.2 Å². The number of rotatable bonds is 5. The fourth-order valence-electron chi connectivity index (χ4n) is 2.51. The number of carbonyl (C=O) groups is 1. The van der Waals surface area contributed by atoms with Crippen LogP contribution in [0.15, 0.2) is 59.5 Å². The van der Waals surface area contributed by atoms with Crippen LogP contribution in [0.5, 0.6) is 0 Å². The molecule has 0 fully saturated rings. The summed E-state index contributed by atoms with van der Waals surface area (Å²) < 4.78 is 2.38. The standard InChI is InChI=1S/C18H12BrClN6OS/c19-15-6-1-11(8-16(15)20)7-14-9-21-18(28-14)23-17(27)12-2-4-13(5-3-12)26-10-22-24-25-26/h1-6,8-10H,7H2,(H,21,23,27). The second kappa shape index (κ2) is 8.17. The number of carbonyl (C=O) groups excluding carboxylic acids is 1. The number of anilines is 1. The minimum absolute atomic E-state index is 0.226. The molecule has 1 amide bonds. The number of hydrogen-bond donors (Lipinski definition) is 1. The van der Waals surface area contributed by atoms with Crippen LogP contribution in [-0.2, 0) is 6.42 Å². The van der Waals surface area contributed by atoms with Gasteiger partial charge in [0.1, 0.15) is 6.33 Å².